The Morgan fingerprint density at radius 2 is 1.66 bits per heavy atom. The molecule has 0 spiro atoms. The Bertz CT molecular complexity index is 862. The number of benzene rings is 2. The lowest BCUT2D eigenvalue weighted by molar-refractivity contribution is -0.152. The van der Waals surface area contributed by atoms with Gasteiger partial charge in [0.15, 0.2) is 6.10 Å². The minimum absolute atomic E-state index is 0.186. The van der Waals surface area contributed by atoms with E-state index in [2.05, 4.69) is 5.32 Å². The summed E-state index contributed by atoms with van der Waals surface area (Å²) >= 11 is 5.83. The summed E-state index contributed by atoms with van der Waals surface area (Å²) in [7, 11) is 0. The van der Waals surface area contributed by atoms with Crippen molar-refractivity contribution in [2.24, 2.45) is 5.92 Å². The molecule has 2 aromatic carbocycles. The number of ether oxygens (including phenoxy) is 1. The van der Waals surface area contributed by atoms with E-state index in [1.807, 2.05) is 30.3 Å². The summed E-state index contributed by atoms with van der Waals surface area (Å²) in [5.74, 6) is -0.992. The third kappa shape index (κ3) is 5.57. The van der Waals surface area contributed by atoms with Gasteiger partial charge in [-0.1, -0.05) is 29.8 Å². The summed E-state index contributed by atoms with van der Waals surface area (Å²) in [5.41, 5.74) is 1.18. The maximum Gasteiger partial charge on any atom is 0.321 e. The lowest BCUT2D eigenvalue weighted by Crippen LogP contribution is -2.43. The van der Waals surface area contributed by atoms with Crippen LogP contribution < -0.4 is 5.32 Å². The number of hydrogen-bond donors (Lipinski definition) is 1. The lowest BCUT2D eigenvalue weighted by Gasteiger charge is -2.31. The number of nitrogens with zero attached hydrogens (tertiary/aromatic N) is 1. The number of Topliss-reactive ketones (excluding diaryl/α,β-unsaturated/α-hetero) is 1. The van der Waals surface area contributed by atoms with Crippen molar-refractivity contribution in [3.63, 3.8) is 0 Å². The van der Waals surface area contributed by atoms with Gasteiger partial charge in [-0.05, 0) is 56.2 Å². The highest BCUT2D eigenvalue weighted by Crippen LogP contribution is 2.21. The van der Waals surface area contributed by atoms with Crippen molar-refractivity contribution < 1.29 is 19.1 Å². The third-order valence-corrected chi connectivity index (χ3v) is 5.18. The molecule has 0 radical (unpaired) electrons. The predicted octanol–water partition coefficient (Wildman–Crippen LogP) is 4.40. The summed E-state index contributed by atoms with van der Waals surface area (Å²) in [5, 5.41) is 3.38. The first-order valence-corrected chi connectivity index (χ1v) is 9.93. The van der Waals surface area contributed by atoms with Crippen molar-refractivity contribution in [1.29, 1.82) is 0 Å². The molecular formula is C22H23ClN2O4. The van der Waals surface area contributed by atoms with Crippen LogP contribution in [0.3, 0.4) is 0 Å². The highest BCUT2D eigenvalue weighted by molar-refractivity contribution is 6.30. The number of piperidine rings is 1. The van der Waals surface area contributed by atoms with E-state index >= 15 is 0 Å². The van der Waals surface area contributed by atoms with Crippen molar-refractivity contribution in [2.45, 2.75) is 25.9 Å². The first-order chi connectivity index (χ1) is 13.9. The molecule has 0 aliphatic carbocycles. The molecule has 0 bridgehead atoms. The van der Waals surface area contributed by atoms with Crippen molar-refractivity contribution in [2.75, 3.05) is 18.4 Å². The maximum absolute atomic E-state index is 12.5. The highest BCUT2D eigenvalue weighted by atomic mass is 35.5. The number of rotatable bonds is 5. The molecule has 1 aliphatic rings. The number of halogens is 1. The molecule has 2 amide bonds. The quantitative estimate of drug-likeness (QED) is 0.581. The van der Waals surface area contributed by atoms with Crippen LogP contribution in [0.25, 0.3) is 0 Å². The SMILES string of the molecule is C[C@H](OC(=O)C1CCN(C(=O)Nc2ccccc2)CC1)C(=O)c1ccc(Cl)cc1. The standard InChI is InChI=1S/C22H23ClN2O4/c1-15(20(26)16-7-9-18(23)10-8-16)29-21(27)17-11-13-25(14-12-17)22(28)24-19-5-3-2-4-6-19/h2-10,15,17H,11-14H2,1H3,(H,24,28)/t15-/m0/s1. The van der Waals surface area contributed by atoms with E-state index in [1.165, 1.54) is 0 Å². The van der Waals surface area contributed by atoms with Gasteiger partial charge in [-0.3, -0.25) is 9.59 Å². The molecule has 3 rings (SSSR count). The van der Waals surface area contributed by atoms with Gasteiger partial charge in [0.2, 0.25) is 5.78 Å². The van der Waals surface area contributed by atoms with Crippen molar-refractivity contribution in [1.82, 2.24) is 4.90 Å². The zero-order valence-corrected chi connectivity index (χ0v) is 16.9. The second-order valence-corrected chi connectivity index (χ2v) is 7.44. The molecule has 152 valence electrons. The molecule has 1 aliphatic heterocycles. The number of nitrogens with one attached hydrogen (secondary N) is 1. The first kappa shape index (κ1) is 20.9. The van der Waals surface area contributed by atoms with Gasteiger partial charge in [0.25, 0.3) is 0 Å². The molecule has 0 aromatic heterocycles. The number of amides is 2. The summed E-state index contributed by atoms with van der Waals surface area (Å²) in [6.45, 7) is 2.48. The fourth-order valence-corrected chi connectivity index (χ4v) is 3.34. The molecule has 1 saturated heterocycles. The van der Waals surface area contributed by atoms with E-state index in [0.29, 0.717) is 36.5 Å². The number of urea groups is 1. The summed E-state index contributed by atoms with van der Waals surface area (Å²) in [4.78, 5) is 38.9. The molecule has 29 heavy (non-hydrogen) atoms. The monoisotopic (exact) mass is 414 g/mol. The Morgan fingerprint density at radius 3 is 2.28 bits per heavy atom. The largest absolute Gasteiger partial charge is 0.454 e. The lowest BCUT2D eigenvalue weighted by atomic mass is 9.97. The number of likely N-dealkylation sites (tertiary alicyclic amines) is 1. The Balaban J connectivity index is 1.47. The van der Waals surface area contributed by atoms with Gasteiger partial charge >= 0.3 is 12.0 Å². The third-order valence-electron chi connectivity index (χ3n) is 4.93. The van der Waals surface area contributed by atoms with Gasteiger partial charge in [0, 0.05) is 29.4 Å². The average molecular weight is 415 g/mol. The first-order valence-electron chi connectivity index (χ1n) is 9.55. The van der Waals surface area contributed by atoms with Gasteiger partial charge < -0.3 is 15.0 Å². The maximum atomic E-state index is 12.5. The number of anilines is 1. The number of esters is 1. The normalized spacial score (nSPS) is 15.4. The molecule has 0 unspecified atom stereocenters. The fourth-order valence-electron chi connectivity index (χ4n) is 3.22. The number of ketones is 1. The van der Waals surface area contributed by atoms with E-state index in [4.69, 9.17) is 16.3 Å². The van der Waals surface area contributed by atoms with Gasteiger partial charge in [-0.25, -0.2) is 4.79 Å². The van der Waals surface area contributed by atoms with E-state index in [9.17, 15) is 14.4 Å². The van der Waals surface area contributed by atoms with Crippen molar-refractivity contribution >= 4 is 35.1 Å². The van der Waals surface area contributed by atoms with Crippen molar-refractivity contribution in [3.05, 3.63) is 65.2 Å². The zero-order chi connectivity index (χ0) is 20.8. The molecule has 7 heteroatoms. The zero-order valence-electron chi connectivity index (χ0n) is 16.1. The second-order valence-electron chi connectivity index (χ2n) is 7.01. The Labute approximate surface area is 174 Å². The van der Waals surface area contributed by atoms with Gasteiger partial charge in [0.05, 0.1) is 5.92 Å². The molecule has 1 N–H and O–H groups in total. The smallest absolute Gasteiger partial charge is 0.321 e. The molecule has 2 aromatic rings. The molecule has 6 nitrogen and oxygen atoms in total. The van der Waals surface area contributed by atoms with E-state index in [0.717, 1.165) is 5.69 Å². The fraction of sp³-hybridized carbons (Fsp3) is 0.318. The van der Waals surface area contributed by atoms with E-state index in [1.54, 1.807) is 36.1 Å². The van der Waals surface area contributed by atoms with Crippen LogP contribution in [0.2, 0.25) is 5.02 Å². The van der Waals surface area contributed by atoms with Crippen LogP contribution in [0.1, 0.15) is 30.1 Å². The van der Waals surface area contributed by atoms with Crippen LogP contribution in [-0.4, -0.2) is 41.9 Å². The van der Waals surface area contributed by atoms with Gasteiger partial charge in [-0.2, -0.15) is 0 Å². The minimum atomic E-state index is -0.872. The Morgan fingerprint density at radius 1 is 1.03 bits per heavy atom. The average Bonchev–Trinajstić information content (AvgIpc) is 2.74. The van der Waals surface area contributed by atoms with Crippen LogP contribution in [0.15, 0.2) is 54.6 Å². The van der Waals surface area contributed by atoms with Gasteiger partial charge in [-0.15, -0.1) is 0 Å². The van der Waals surface area contributed by atoms with Crippen LogP contribution >= 0.6 is 11.6 Å². The Hall–Kier alpha value is -2.86. The van der Waals surface area contributed by atoms with Crippen LogP contribution in [0.5, 0.6) is 0 Å². The van der Waals surface area contributed by atoms with Crippen LogP contribution in [0.4, 0.5) is 10.5 Å². The van der Waals surface area contributed by atoms with Gasteiger partial charge in [0.1, 0.15) is 0 Å². The van der Waals surface area contributed by atoms with E-state index in [-0.39, 0.29) is 17.7 Å². The number of para-hydroxylation sites is 1. The Kier molecular flexibility index (Phi) is 6.88. The van der Waals surface area contributed by atoms with E-state index < -0.39 is 12.1 Å². The molecule has 1 heterocycles. The number of carbonyl (C=O) groups is 3. The molecule has 0 saturated carbocycles. The van der Waals surface area contributed by atoms with Crippen molar-refractivity contribution in [3.8, 4) is 0 Å². The second kappa shape index (κ2) is 9.56. The number of carbonyl (C=O) groups excluding carboxylic acids is 3. The molecular weight excluding hydrogens is 392 g/mol. The summed E-state index contributed by atoms with van der Waals surface area (Å²) in [6, 6.07) is 15.5. The van der Waals surface area contributed by atoms with Crippen LogP contribution in [0, 0.1) is 5.92 Å². The highest BCUT2D eigenvalue weighted by Gasteiger charge is 2.30. The summed E-state index contributed by atoms with van der Waals surface area (Å²) in [6.07, 6.45) is 0.134. The number of hydrogen-bond acceptors (Lipinski definition) is 4. The molecule has 1 fully saturated rings. The topological polar surface area (TPSA) is 75.7 Å². The summed E-state index contributed by atoms with van der Waals surface area (Å²) < 4.78 is 5.39. The molecule has 1 atom stereocenters. The van der Waals surface area contributed by atoms with Crippen LogP contribution in [-0.2, 0) is 9.53 Å². The minimum Gasteiger partial charge on any atom is -0.454 e. The predicted molar refractivity (Wildman–Crippen MR) is 111 cm³/mol.